The molecule has 0 spiro atoms. The summed E-state index contributed by atoms with van der Waals surface area (Å²) in [6.45, 7) is 5.13. The highest BCUT2D eigenvalue weighted by Crippen LogP contribution is 2.38. The van der Waals surface area contributed by atoms with E-state index in [0.717, 1.165) is 30.4 Å². The number of imidazole rings is 1. The van der Waals surface area contributed by atoms with Crippen LogP contribution >= 0.6 is 0 Å². The second-order valence-electron chi connectivity index (χ2n) is 10.8. The van der Waals surface area contributed by atoms with Gasteiger partial charge >= 0.3 is 0 Å². The molecule has 6 nitrogen and oxygen atoms in total. The number of nitrogens with one attached hydrogen (secondary N) is 1. The van der Waals surface area contributed by atoms with Gasteiger partial charge in [-0.1, -0.05) is 55.8 Å². The zero-order valence-corrected chi connectivity index (χ0v) is 21.4. The molecule has 2 aromatic carbocycles. The maximum Gasteiger partial charge on any atom is 0.251 e. The number of carbonyl (C=O) groups is 1. The molecule has 3 aromatic rings. The zero-order chi connectivity index (χ0) is 25.5. The van der Waals surface area contributed by atoms with Gasteiger partial charge in [0.25, 0.3) is 5.91 Å². The zero-order valence-electron chi connectivity index (χ0n) is 21.4. The lowest BCUT2D eigenvalue weighted by Gasteiger charge is -2.38. The van der Waals surface area contributed by atoms with Gasteiger partial charge in [0.15, 0.2) is 0 Å². The first-order valence-corrected chi connectivity index (χ1v) is 13.1. The second-order valence-corrected chi connectivity index (χ2v) is 10.8. The van der Waals surface area contributed by atoms with E-state index < -0.39 is 5.60 Å². The SMILES string of the molecule is C[C@@H]1CC[C@@H](CNC(=O)c2cccc(Cn3ccnc3)c2)[C@](C)(O)C[C@H](c2ccccc2)C[C@@H](O)C1. The van der Waals surface area contributed by atoms with Crippen LogP contribution in [0.1, 0.15) is 73.4 Å². The van der Waals surface area contributed by atoms with Gasteiger partial charge in [0.1, 0.15) is 0 Å². The van der Waals surface area contributed by atoms with Crippen LogP contribution in [-0.4, -0.2) is 43.9 Å². The van der Waals surface area contributed by atoms with Crippen molar-refractivity contribution in [2.24, 2.45) is 11.8 Å². The molecule has 1 aliphatic rings. The highest BCUT2D eigenvalue weighted by Gasteiger charge is 2.37. The van der Waals surface area contributed by atoms with E-state index >= 15 is 0 Å². The Kier molecular flexibility index (Phi) is 8.60. The van der Waals surface area contributed by atoms with Gasteiger partial charge in [-0.25, -0.2) is 4.98 Å². The summed E-state index contributed by atoms with van der Waals surface area (Å²) >= 11 is 0. The van der Waals surface area contributed by atoms with Crippen LogP contribution in [0.2, 0.25) is 0 Å². The van der Waals surface area contributed by atoms with Crippen molar-refractivity contribution in [2.75, 3.05) is 6.54 Å². The van der Waals surface area contributed by atoms with Crippen LogP contribution in [0, 0.1) is 11.8 Å². The van der Waals surface area contributed by atoms with Crippen molar-refractivity contribution in [3.8, 4) is 0 Å². The largest absolute Gasteiger partial charge is 0.393 e. The quantitative estimate of drug-likeness (QED) is 0.465. The smallest absolute Gasteiger partial charge is 0.251 e. The van der Waals surface area contributed by atoms with E-state index in [1.165, 1.54) is 0 Å². The number of aliphatic hydroxyl groups excluding tert-OH is 1. The Bertz CT molecular complexity index is 1100. The number of hydrogen-bond acceptors (Lipinski definition) is 4. The third-order valence-electron chi connectivity index (χ3n) is 7.67. The van der Waals surface area contributed by atoms with Crippen molar-refractivity contribution in [2.45, 2.75) is 70.1 Å². The number of amides is 1. The fourth-order valence-corrected chi connectivity index (χ4v) is 5.57. The second kappa shape index (κ2) is 11.8. The molecule has 0 saturated heterocycles. The van der Waals surface area contributed by atoms with Gasteiger partial charge in [0.2, 0.25) is 0 Å². The van der Waals surface area contributed by atoms with Gasteiger partial charge in [-0.3, -0.25) is 4.79 Å². The van der Waals surface area contributed by atoms with E-state index in [9.17, 15) is 15.0 Å². The van der Waals surface area contributed by atoms with E-state index in [1.807, 2.05) is 60.2 Å². The molecular formula is C30H39N3O3. The standard InChI is InChI=1S/C30H39N3O3/c1-22-11-12-27(30(2,36)18-26(17-28(34)15-22)24-8-4-3-5-9-24)19-32-29(35)25-10-6-7-23(16-25)20-33-14-13-31-21-33/h3-10,13-14,16,21-22,26-28,34,36H,11-12,15,17-20H2,1-2H3,(H,32,35)/t22-,26-,27+,28+,30-/m1/s1. The summed E-state index contributed by atoms with van der Waals surface area (Å²) < 4.78 is 1.97. The molecule has 5 atom stereocenters. The van der Waals surface area contributed by atoms with Crippen molar-refractivity contribution < 1.29 is 15.0 Å². The molecule has 1 saturated carbocycles. The Morgan fingerprint density at radius 2 is 1.94 bits per heavy atom. The Morgan fingerprint density at radius 1 is 1.14 bits per heavy atom. The molecule has 1 heterocycles. The normalized spacial score (nSPS) is 27.3. The first kappa shape index (κ1) is 26.1. The highest BCUT2D eigenvalue weighted by atomic mass is 16.3. The molecule has 0 bridgehead atoms. The van der Waals surface area contributed by atoms with Gasteiger partial charge < -0.3 is 20.1 Å². The van der Waals surface area contributed by atoms with Gasteiger partial charge in [0, 0.05) is 37.0 Å². The Morgan fingerprint density at radius 3 is 2.69 bits per heavy atom. The first-order valence-electron chi connectivity index (χ1n) is 13.1. The van der Waals surface area contributed by atoms with E-state index in [2.05, 4.69) is 29.4 Å². The summed E-state index contributed by atoms with van der Waals surface area (Å²) in [6, 6.07) is 17.8. The van der Waals surface area contributed by atoms with E-state index in [4.69, 9.17) is 0 Å². The molecule has 4 rings (SSSR count). The number of nitrogens with zero attached hydrogens (tertiary/aromatic N) is 2. The summed E-state index contributed by atoms with van der Waals surface area (Å²) in [5, 5.41) is 25.5. The molecule has 1 aliphatic carbocycles. The number of aromatic nitrogens is 2. The predicted molar refractivity (Wildman–Crippen MR) is 142 cm³/mol. The third kappa shape index (κ3) is 7.05. The minimum Gasteiger partial charge on any atom is -0.393 e. The van der Waals surface area contributed by atoms with Crippen LogP contribution in [0.25, 0.3) is 0 Å². The molecule has 192 valence electrons. The fraction of sp³-hybridized carbons (Fsp3) is 0.467. The average molecular weight is 490 g/mol. The molecule has 6 heteroatoms. The van der Waals surface area contributed by atoms with Gasteiger partial charge in [0.05, 0.1) is 18.0 Å². The number of benzene rings is 2. The predicted octanol–water partition coefficient (Wildman–Crippen LogP) is 4.77. The maximum atomic E-state index is 13.1. The summed E-state index contributed by atoms with van der Waals surface area (Å²) in [7, 11) is 0. The van der Waals surface area contributed by atoms with Crippen LogP contribution in [0.3, 0.4) is 0 Å². The first-order chi connectivity index (χ1) is 17.3. The summed E-state index contributed by atoms with van der Waals surface area (Å²) in [4.78, 5) is 17.2. The number of aliphatic hydroxyl groups is 2. The van der Waals surface area contributed by atoms with Gasteiger partial charge in [-0.15, -0.1) is 0 Å². The minimum absolute atomic E-state index is 0.0551. The van der Waals surface area contributed by atoms with Crippen LogP contribution in [-0.2, 0) is 6.54 Å². The summed E-state index contributed by atoms with van der Waals surface area (Å²) in [5.74, 6) is 0.195. The van der Waals surface area contributed by atoms with E-state index in [-0.39, 0.29) is 23.8 Å². The average Bonchev–Trinajstić information content (AvgIpc) is 3.36. The Labute approximate surface area is 214 Å². The van der Waals surface area contributed by atoms with Crippen LogP contribution < -0.4 is 5.32 Å². The topological polar surface area (TPSA) is 87.4 Å². The van der Waals surface area contributed by atoms with E-state index in [0.29, 0.717) is 37.4 Å². The summed E-state index contributed by atoms with van der Waals surface area (Å²) in [5.41, 5.74) is 1.81. The molecule has 0 aliphatic heterocycles. The lowest BCUT2D eigenvalue weighted by atomic mass is 9.73. The van der Waals surface area contributed by atoms with Crippen molar-refractivity contribution in [1.82, 2.24) is 14.9 Å². The number of rotatable bonds is 6. The van der Waals surface area contributed by atoms with Crippen LogP contribution in [0.5, 0.6) is 0 Å². The summed E-state index contributed by atoms with van der Waals surface area (Å²) in [6.07, 6.45) is 8.66. The molecule has 1 amide bonds. The van der Waals surface area contributed by atoms with E-state index in [1.54, 1.807) is 12.5 Å². The monoisotopic (exact) mass is 489 g/mol. The third-order valence-corrected chi connectivity index (χ3v) is 7.67. The fourth-order valence-electron chi connectivity index (χ4n) is 5.57. The maximum absolute atomic E-state index is 13.1. The number of carbonyl (C=O) groups excluding carboxylic acids is 1. The molecular weight excluding hydrogens is 450 g/mol. The van der Waals surface area contributed by atoms with Gasteiger partial charge in [-0.2, -0.15) is 0 Å². The lowest BCUT2D eigenvalue weighted by molar-refractivity contribution is -0.0278. The van der Waals surface area contributed by atoms with Crippen molar-refractivity contribution in [3.05, 3.63) is 90.0 Å². The van der Waals surface area contributed by atoms with Crippen molar-refractivity contribution in [1.29, 1.82) is 0 Å². The van der Waals surface area contributed by atoms with Crippen LogP contribution in [0.15, 0.2) is 73.3 Å². The molecule has 1 fully saturated rings. The minimum atomic E-state index is -0.978. The van der Waals surface area contributed by atoms with Crippen molar-refractivity contribution in [3.63, 3.8) is 0 Å². The van der Waals surface area contributed by atoms with Crippen molar-refractivity contribution >= 4 is 5.91 Å². The van der Waals surface area contributed by atoms with Gasteiger partial charge in [-0.05, 0) is 67.7 Å². The molecule has 36 heavy (non-hydrogen) atoms. The highest BCUT2D eigenvalue weighted by molar-refractivity contribution is 5.94. The molecule has 0 radical (unpaired) electrons. The molecule has 1 aromatic heterocycles. The Hall–Kier alpha value is -2.96. The Balaban J connectivity index is 1.46. The van der Waals surface area contributed by atoms with Crippen LogP contribution in [0.4, 0.5) is 0 Å². The molecule has 3 N–H and O–H groups in total. The lowest BCUT2D eigenvalue weighted by Crippen LogP contribution is -2.44. The molecule has 0 unspecified atom stereocenters. The number of hydrogen-bond donors (Lipinski definition) is 3.